The number of allylic oxidation sites excluding steroid dienone is 1. The minimum atomic E-state index is -0.388. The highest BCUT2D eigenvalue weighted by atomic mass is 16.5. The standard InChI is InChI=1S/C21H20O6/c1-11(2)4-6-13-16(23)9-18(26-3)19(21(13)25)15-10-27-17-8-12(22)5-7-14(17)20(15)24/h5,7-10,22-23,25H,1,4,6H2,2-3H3. The fourth-order valence-corrected chi connectivity index (χ4v) is 2.97. The molecule has 0 saturated heterocycles. The molecule has 1 heterocycles. The third-order valence-electron chi connectivity index (χ3n) is 4.40. The number of ether oxygens (including phenoxy) is 1. The molecule has 27 heavy (non-hydrogen) atoms. The van der Waals surface area contributed by atoms with Gasteiger partial charge in [0.15, 0.2) is 0 Å². The summed E-state index contributed by atoms with van der Waals surface area (Å²) in [4.78, 5) is 12.9. The Hall–Kier alpha value is -3.41. The van der Waals surface area contributed by atoms with Gasteiger partial charge in [-0.05, 0) is 31.9 Å². The second kappa shape index (κ2) is 7.07. The van der Waals surface area contributed by atoms with Crippen LogP contribution in [0.2, 0.25) is 0 Å². The molecule has 6 nitrogen and oxygen atoms in total. The Labute approximate surface area is 155 Å². The van der Waals surface area contributed by atoms with Crippen molar-refractivity contribution in [2.24, 2.45) is 0 Å². The van der Waals surface area contributed by atoms with E-state index in [0.29, 0.717) is 18.4 Å². The highest BCUT2D eigenvalue weighted by molar-refractivity contribution is 5.86. The molecule has 0 amide bonds. The Morgan fingerprint density at radius 2 is 1.96 bits per heavy atom. The third-order valence-corrected chi connectivity index (χ3v) is 4.40. The van der Waals surface area contributed by atoms with Crippen LogP contribution in [0.25, 0.3) is 22.1 Å². The Morgan fingerprint density at radius 3 is 2.63 bits per heavy atom. The van der Waals surface area contributed by atoms with Gasteiger partial charge in [-0.25, -0.2) is 0 Å². The maximum Gasteiger partial charge on any atom is 0.200 e. The van der Waals surface area contributed by atoms with Crippen LogP contribution in [0.5, 0.6) is 23.0 Å². The maximum atomic E-state index is 12.9. The largest absolute Gasteiger partial charge is 0.508 e. The van der Waals surface area contributed by atoms with E-state index in [-0.39, 0.29) is 50.5 Å². The van der Waals surface area contributed by atoms with Crippen molar-refractivity contribution in [3.8, 4) is 34.1 Å². The molecular weight excluding hydrogens is 348 g/mol. The number of hydrogen-bond donors (Lipinski definition) is 3. The van der Waals surface area contributed by atoms with E-state index in [4.69, 9.17) is 9.15 Å². The SMILES string of the molecule is C=C(C)CCc1c(O)cc(OC)c(-c2coc3cc(O)ccc3c2=O)c1O. The number of hydrogen-bond acceptors (Lipinski definition) is 6. The second-order valence-electron chi connectivity index (χ2n) is 6.42. The molecule has 2 aromatic carbocycles. The molecule has 0 radical (unpaired) electrons. The van der Waals surface area contributed by atoms with E-state index in [9.17, 15) is 20.1 Å². The molecule has 0 aliphatic carbocycles. The number of benzene rings is 2. The van der Waals surface area contributed by atoms with E-state index in [1.807, 2.05) is 6.92 Å². The fraction of sp³-hybridized carbons (Fsp3) is 0.190. The third kappa shape index (κ3) is 3.33. The van der Waals surface area contributed by atoms with Crippen molar-refractivity contribution in [3.05, 3.63) is 58.5 Å². The molecule has 0 aliphatic heterocycles. The molecule has 0 atom stereocenters. The first-order chi connectivity index (χ1) is 12.8. The van der Waals surface area contributed by atoms with Gasteiger partial charge in [-0.3, -0.25) is 4.79 Å². The summed E-state index contributed by atoms with van der Waals surface area (Å²) < 4.78 is 10.7. The zero-order valence-electron chi connectivity index (χ0n) is 15.1. The summed E-state index contributed by atoms with van der Waals surface area (Å²) in [5.41, 5.74) is 1.29. The van der Waals surface area contributed by atoms with Crippen LogP contribution in [0.15, 0.2) is 51.9 Å². The van der Waals surface area contributed by atoms with Gasteiger partial charge in [0.2, 0.25) is 5.43 Å². The lowest BCUT2D eigenvalue weighted by atomic mass is 9.96. The highest BCUT2D eigenvalue weighted by Crippen LogP contribution is 2.44. The fourth-order valence-electron chi connectivity index (χ4n) is 2.97. The van der Waals surface area contributed by atoms with Crippen LogP contribution >= 0.6 is 0 Å². The summed E-state index contributed by atoms with van der Waals surface area (Å²) >= 11 is 0. The molecule has 140 valence electrons. The molecule has 3 rings (SSSR count). The molecule has 6 heteroatoms. The first-order valence-corrected chi connectivity index (χ1v) is 8.34. The van der Waals surface area contributed by atoms with Gasteiger partial charge in [0.05, 0.1) is 23.6 Å². The number of phenols is 3. The van der Waals surface area contributed by atoms with Crippen molar-refractivity contribution in [1.29, 1.82) is 0 Å². The Bertz CT molecular complexity index is 1090. The Kier molecular flexibility index (Phi) is 4.81. The van der Waals surface area contributed by atoms with Crippen molar-refractivity contribution in [3.63, 3.8) is 0 Å². The molecule has 0 aliphatic rings. The summed E-state index contributed by atoms with van der Waals surface area (Å²) in [7, 11) is 1.38. The summed E-state index contributed by atoms with van der Waals surface area (Å²) in [6.07, 6.45) is 2.14. The minimum absolute atomic E-state index is 0.0226. The lowest BCUT2D eigenvalue weighted by Gasteiger charge is -2.16. The lowest BCUT2D eigenvalue weighted by Crippen LogP contribution is -2.06. The molecule has 0 saturated carbocycles. The van der Waals surface area contributed by atoms with Crippen molar-refractivity contribution in [1.82, 2.24) is 0 Å². The summed E-state index contributed by atoms with van der Waals surface area (Å²) in [5.74, 6) is -0.233. The van der Waals surface area contributed by atoms with E-state index in [1.54, 1.807) is 0 Å². The van der Waals surface area contributed by atoms with Crippen molar-refractivity contribution >= 4 is 11.0 Å². The van der Waals surface area contributed by atoms with Gasteiger partial charge in [0.25, 0.3) is 0 Å². The van der Waals surface area contributed by atoms with Gasteiger partial charge < -0.3 is 24.5 Å². The molecule has 3 N–H and O–H groups in total. The zero-order chi connectivity index (χ0) is 19.7. The monoisotopic (exact) mass is 368 g/mol. The maximum absolute atomic E-state index is 12.9. The van der Waals surface area contributed by atoms with E-state index in [1.165, 1.54) is 37.6 Å². The van der Waals surface area contributed by atoms with Crippen LogP contribution in [0.4, 0.5) is 0 Å². The van der Waals surface area contributed by atoms with E-state index >= 15 is 0 Å². The molecular formula is C21H20O6. The summed E-state index contributed by atoms with van der Waals surface area (Å²) in [6, 6.07) is 5.54. The average molecular weight is 368 g/mol. The molecule has 0 unspecified atom stereocenters. The molecule has 0 spiro atoms. The number of phenolic OH excluding ortho intramolecular Hbond substituents is 3. The Morgan fingerprint density at radius 1 is 1.22 bits per heavy atom. The quantitative estimate of drug-likeness (QED) is 0.587. The van der Waals surface area contributed by atoms with Crippen LogP contribution in [0, 0.1) is 0 Å². The van der Waals surface area contributed by atoms with Crippen LogP contribution in [-0.4, -0.2) is 22.4 Å². The molecule has 1 aromatic heterocycles. The van der Waals surface area contributed by atoms with E-state index in [2.05, 4.69) is 6.58 Å². The molecule has 0 bridgehead atoms. The number of aromatic hydroxyl groups is 3. The molecule has 0 fully saturated rings. The first-order valence-electron chi connectivity index (χ1n) is 8.34. The van der Waals surface area contributed by atoms with Crippen LogP contribution in [0.3, 0.4) is 0 Å². The Balaban J connectivity index is 2.27. The average Bonchev–Trinajstić information content (AvgIpc) is 2.62. The zero-order valence-corrected chi connectivity index (χ0v) is 15.1. The first kappa shape index (κ1) is 18.4. The molecule has 3 aromatic rings. The van der Waals surface area contributed by atoms with Crippen LogP contribution in [-0.2, 0) is 6.42 Å². The minimum Gasteiger partial charge on any atom is -0.508 e. The van der Waals surface area contributed by atoms with Gasteiger partial charge in [-0.1, -0.05) is 5.57 Å². The van der Waals surface area contributed by atoms with Crippen molar-refractivity contribution in [2.45, 2.75) is 19.8 Å². The predicted octanol–water partition coefficient (Wildman–Crippen LogP) is 4.09. The van der Waals surface area contributed by atoms with Gasteiger partial charge in [-0.2, -0.15) is 0 Å². The summed E-state index contributed by atoms with van der Waals surface area (Å²) in [5, 5.41) is 30.9. The normalized spacial score (nSPS) is 10.9. The van der Waals surface area contributed by atoms with Gasteiger partial charge in [0.1, 0.15) is 34.8 Å². The number of fused-ring (bicyclic) bond motifs is 1. The van der Waals surface area contributed by atoms with Gasteiger partial charge >= 0.3 is 0 Å². The smallest absolute Gasteiger partial charge is 0.200 e. The van der Waals surface area contributed by atoms with Crippen LogP contribution in [0.1, 0.15) is 18.9 Å². The number of rotatable bonds is 5. The summed E-state index contributed by atoms with van der Waals surface area (Å²) in [6.45, 7) is 5.68. The topological polar surface area (TPSA) is 100 Å². The van der Waals surface area contributed by atoms with Gasteiger partial charge in [-0.15, -0.1) is 6.58 Å². The van der Waals surface area contributed by atoms with Crippen LogP contribution < -0.4 is 10.2 Å². The second-order valence-corrected chi connectivity index (χ2v) is 6.42. The van der Waals surface area contributed by atoms with Gasteiger partial charge in [0, 0.05) is 17.7 Å². The lowest BCUT2D eigenvalue weighted by molar-refractivity contribution is 0.396. The van der Waals surface area contributed by atoms with E-state index in [0.717, 1.165) is 5.57 Å². The van der Waals surface area contributed by atoms with Crippen molar-refractivity contribution in [2.75, 3.05) is 7.11 Å². The number of methoxy groups -OCH3 is 1. The van der Waals surface area contributed by atoms with Crippen molar-refractivity contribution < 1.29 is 24.5 Å². The highest BCUT2D eigenvalue weighted by Gasteiger charge is 2.23. The van der Waals surface area contributed by atoms with E-state index < -0.39 is 0 Å². The predicted molar refractivity (Wildman–Crippen MR) is 103 cm³/mol.